The fraction of sp³-hybridized carbons (Fsp3) is 0.818. The molecule has 1 nitrogen and oxygen atoms in total. The van der Waals surface area contributed by atoms with Crippen molar-refractivity contribution >= 4 is 8.07 Å². The Labute approximate surface area is 84.8 Å². The molecule has 0 amide bonds. The van der Waals surface area contributed by atoms with Gasteiger partial charge in [-0.3, -0.25) is 0 Å². The van der Waals surface area contributed by atoms with Gasteiger partial charge in [-0.15, -0.1) is 0 Å². The van der Waals surface area contributed by atoms with Crippen LogP contribution in [0.5, 0.6) is 0 Å². The number of allylic oxidation sites excluding steroid dienone is 1. The van der Waals surface area contributed by atoms with E-state index in [1.165, 1.54) is 25.7 Å². The maximum absolute atomic E-state index is 2.51. The molecule has 0 aliphatic rings. The van der Waals surface area contributed by atoms with E-state index in [0.717, 1.165) is 0 Å². The Kier molecular flexibility index (Phi) is 6.34. The molecule has 0 radical (unpaired) electrons. The second kappa shape index (κ2) is 6.38. The van der Waals surface area contributed by atoms with Crippen LogP contribution in [0.3, 0.4) is 0 Å². The molecule has 0 aromatic rings. The molecule has 0 bridgehead atoms. The number of hydrogen-bond donors (Lipinski definition) is 0. The molecule has 0 fully saturated rings. The van der Waals surface area contributed by atoms with Crippen LogP contribution in [0, 0.1) is 0 Å². The van der Waals surface area contributed by atoms with E-state index in [2.05, 4.69) is 50.5 Å². The van der Waals surface area contributed by atoms with Gasteiger partial charge in [-0.2, -0.15) is 0 Å². The van der Waals surface area contributed by atoms with Gasteiger partial charge >= 0.3 is 0 Å². The van der Waals surface area contributed by atoms with Crippen molar-refractivity contribution in [2.75, 3.05) is 19.6 Å². The van der Waals surface area contributed by atoms with Crippen LogP contribution >= 0.6 is 0 Å². The summed E-state index contributed by atoms with van der Waals surface area (Å²) in [7, 11) is -1.02. The Hall–Kier alpha value is -0.0831. The van der Waals surface area contributed by atoms with Gasteiger partial charge in [-0.05, 0) is 32.6 Å². The lowest BCUT2D eigenvalue weighted by molar-refractivity contribution is 0.320. The first-order valence-electron chi connectivity index (χ1n) is 5.42. The van der Waals surface area contributed by atoms with E-state index in [1.807, 2.05) is 0 Å². The first-order valence-corrected chi connectivity index (χ1v) is 8.70. The predicted octanol–water partition coefficient (Wildman–Crippen LogP) is 3.15. The average molecular weight is 199 g/mol. The zero-order valence-electron chi connectivity index (χ0n) is 9.93. The van der Waals surface area contributed by atoms with E-state index in [4.69, 9.17) is 0 Å². The summed E-state index contributed by atoms with van der Waals surface area (Å²) in [5.74, 6) is 0. The second-order valence-corrected chi connectivity index (χ2v) is 9.08. The van der Waals surface area contributed by atoms with Gasteiger partial charge < -0.3 is 4.90 Å². The summed E-state index contributed by atoms with van der Waals surface area (Å²) in [6.45, 7) is 15.2. The monoisotopic (exact) mass is 199 g/mol. The minimum Gasteiger partial charge on any atom is -0.304 e. The lowest BCUT2D eigenvalue weighted by Crippen LogP contribution is -2.32. The summed E-state index contributed by atoms with van der Waals surface area (Å²) in [6.07, 6.45) is 2.22. The second-order valence-electron chi connectivity index (χ2n) is 4.27. The van der Waals surface area contributed by atoms with Crippen LogP contribution in [0.15, 0.2) is 11.8 Å². The summed E-state index contributed by atoms with van der Waals surface area (Å²) in [5.41, 5.74) is 2.44. The highest BCUT2D eigenvalue weighted by atomic mass is 28.3. The van der Waals surface area contributed by atoms with Gasteiger partial charge in [0.15, 0.2) is 0 Å². The lowest BCUT2D eigenvalue weighted by Gasteiger charge is -2.24. The number of hydrogen-bond acceptors (Lipinski definition) is 1. The highest BCUT2D eigenvalue weighted by Crippen LogP contribution is 2.11. The highest BCUT2D eigenvalue weighted by molar-refractivity contribution is 6.82. The molecule has 0 saturated heterocycles. The quantitative estimate of drug-likeness (QED) is 0.594. The molecule has 0 N–H and O–H groups in total. The van der Waals surface area contributed by atoms with Crippen LogP contribution in [0.2, 0.25) is 19.1 Å². The molecule has 0 atom stereocenters. The van der Waals surface area contributed by atoms with Crippen LogP contribution in [-0.2, 0) is 0 Å². The van der Waals surface area contributed by atoms with E-state index in [1.54, 1.807) is 0 Å². The van der Waals surface area contributed by atoms with Crippen molar-refractivity contribution in [2.24, 2.45) is 0 Å². The van der Waals surface area contributed by atoms with E-state index in [-0.39, 0.29) is 0 Å². The molecular weight excluding hydrogens is 174 g/mol. The molecule has 13 heavy (non-hydrogen) atoms. The fourth-order valence-corrected chi connectivity index (χ4v) is 3.48. The van der Waals surface area contributed by atoms with E-state index < -0.39 is 8.07 Å². The maximum atomic E-state index is 2.51. The van der Waals surface area contributed by atoms with E-state index in [9.17, 15) is 0 Å². The summed E-state index contributed by atoms with van der Waals surface area (Å²) in [6, 6.07) is 1.39. The van der Waals surface area contributed by atoms with Gasteiger partial charge in [0.2, 0.25) is 0 Å². The third kappa shape index (κ3) is 6.05. The Morgan fingerprint density at radius 1 is 1.15 bits per heavy atom. The van der Waals surface area contributed by atoms with Crippen LogP contribution in [0.25, 0.3) is 0 Å². The standard InChI is InChI=1S/C11H25NSi/c1-6-10-13(4,5)11-9-12(7-2)8-3/h6,10H,7-9,11H2,1-5H3/b10-6-. The molecule has 0 aliphatic carbocycles. The first-order chi connectivity index (χ1) is 6.05. The molecular formula is C11H25NSi. The molecule has 0 spiro atoms. The van der Waals surface area contributed by atoms with Gasteiger partial charge in [-0.25, -0.2) is 0 Å². The van der Waals surface area contributed by atoms with Crippen molar-refractivity contribution < 1.29 is 0 Å². The minimum atomic E-state index is -1.02. The van der Waals surface area contributed by atoms with Crippen molar-refractivity contribution in [3.63, 3.8) is 0 Å². The topological polar surface area (TPSA) is 3.24 Å². The molecule has 0 unspecified atom stereocenters. The van der Waals surface area contributed by atoms with Gasteiger partial charge in [0.25, 0.3) is 0 Å². The third-order valence-electron chi connectivity index (χ3n) is 2.58. The van der Waals surface area contributed by atoms with Crippen LogP contribution in [0.1, 0.15) is 20.8 Å². The zero-order chi connectivity index (χ0) is 10.3. The first kappa shape index (κ1) is 12.9. The van der Waals surface area contributed by atoms with E-state index >= 15 is 0 Å². The van der Waals surface area contributed by atoms with Gasteiger partial charge in [0, 0.05) is 0 Å². The van der Waals surface area contributed by atoms with Gasteiger partial charge in [-0.1, -0.05) is 38.7 Å². The maximum Gasteiger partial charge on any atom is 0.0725 e. The number of nitrogens with zero attached hydrogens (tertiary/aromatic N) is 1. The molecule has 0 rings (SSSR count). The molecule has 0 heterocycles. The SMILES string of the molecule is C/C=C\[Si](C)(C)CCN(CC)CC. The lowest BCUT2D eigenvalue weighted by atomic mass is 10.5. The summed E-state index contributed by atoms with van der Waals surface area (Å²) >= 11 is 0. The van der Waals surface area contributed by atoms with E-state index in [0.29, 0.717) is 0 Å². The third-order valence-corrected chi connectivity index (χ3v) is 5.33. The molecule has 0 aromatic carbocycles. The van der Waals surface area contributed by atoms with Crippen molar-refractivity contribution in [2.45, 2.75) is 39.9 Å². The van der Waals surface area contributed by atoms with Gasteiger partial charge in [0.05, 0.1) is 8.07 Å². The van der Waals surface area contributed by atoms with Crippen molar-refractivity contribution in [1.82, 2.24) is 4.90 Å². The molecule has 0 aromatic heterocycles. The average Bonchev–Trinajstić information content (AvgIpc) is 2.06. The number of rotatable bonds is 6. The Morgan fingerprint density at radius 2 is 1.69 bits per heavy atom. The summed E-state index contributed by atoms with van der Waals surface area (Å²) in [4.78, 5) is 2.51. The highest BCUT2D eigenvalue weighted by Gasteiger charge is 2.16. The van der Waals surface area contributed by atoms with Crippen LogP contribution < -0.4 is 0 Å². The Morgan fingerprint density at radius 3 is 2.08 bits per heavy atom. The largest absolute Gasteiger partial charge is 0.304 e. The normalized spacial score (nSPS) is 13.1. The Bertz CT molecular complexity index is 148. The summed E-state index contributed by atoms with van der Waals surface area (Å²) < 4.78 is 0. The smallest absolute Gasteiger partial charge is 0.0725 e. The van der Waals surface area contributed by atoms with Crippen LogP contribution in [-0.4, -0.2) is 32.6 Å². The molecule has 2 heteroatoms. The van der Waals surface area contributed by atoms with Crippen molar-refractivity contribution in [3.8, 4) is 0 Å². The molecule has 0 saturated carbocycles. The van der Waals surface area contributed by atoms with Crippen LogP contribution in [0.4, 0.5) is 0 Å². The fourth-order valence-electron chi connectivity index (χ4n) is 1.52. The molecule has 78 valence electrons. The molecule has 0 aliphatic heterocycles. The van der Waals surface area contributed by atoms with Gasteiger partial charge in [0.1, 0.15) is 0 Å². The minimum absolute atomic E-state index is 1.02. The van der Waals surface area contributed by atoms with Crippen molar-refractivity contribution in [1.29, 1.82) is 0 Å². The predicted molar refractivity (Wildman–Crippen MR) is 64.9 cm³/mol. The summed E-state index contributed by atoms with van der Waals surface area (Å²) in [5, 5.41) is 0. The van der Waals surface area contributed by atoms with Crippen molar-refractivity contribution in [3.05, 3.63) is 11.8 Å². The zero-order valence-corrected chi connectivity index (χ0v) is 10.9. The Balaban J connectivity index is 3.85.